The lowest BCUT2D eigenvalue weighted by Crippen LogP contribution is -1.97. The molecule has 0 amide bonds. The lowest BCUT2D eigenvalue weighted by atomic mass is 10.1. The van der Waals surface area contributed by atoms with E-state index in [4.69, 9.17) is 14.6 Å². The van der Waals surface area contributed by atoms with Crippen molar-refractivity contribution in [2.75, 3.05) is 0 Å². The average molecular weight is 243 g/mol. The molecule has 2 heterocycles. The minimum Gasteiger partial charge on any atom is -0.459 e. The van der Waals surface area contributed by atoms with Crippen LogP contribution in [-0.2, 0) is 6.54 Å². The Morgan fingerprint density at radius 3 is 2.50 bits per heavy atom. The minimum atomic E-state index is -0.346. The monoisotopic (exact) mass is 243 g/mol. The number of benzene rings is 1. The molecule has 2 aromatic heterocycles. The van der Waals surface area contributed by atoms with Gasteiger partial charge in [0.05, 0.1) is 6.54 Å². The molecule has 0 spiro atoms. The predicted molar refractivity (Wildman–Crippen MR) is 69.6 cm³/mol. The Labute approximate surface area is 103 Å². The number of furan rings is 1. The second kappa shape index (κ2) is 3.71. The van der Waals surface area contributed by atoms with Crippen molar-refractivity contribution >= 4 is 21.9 Å². The van der Waals surface area contributed by atoms with Gasteiger partial charge >= 0.3 is 5.63 Å². The molecule has 0 radical (unpaired) electrons. The number of rotatable bonds is 1. The molecule has 2 N–H and O–H groups in total. The summed E-state index contributed by atoms with van der Waals surface area (Å²) in [6.45, 7) is 4.23. The van der Waals surface area contributed by atoms with Gasteiger partial charge in [-0.05, 0) is 31.0 Å². The molecule has 0 bridgehead atoms. The molecule has 92 valence electrons. The highest BCUT2D eigenvalue weighted by molar-refractivity contribution is 5.96. The van der Waals surface area contributed by atoms with Crippen molar-refractivity contribution in [2.45, 2.75) is 20.4 Å². The highest BCUT2D eigenvalue weighted by Crippen LogP contribution is 2.30. The van der Waals surface area contributed by atoms with Crippen LogP contribution in [0.4, 0.5) is 0 Å². The Hall–Kier alpha value is -2.07. The van der Waals surface area contributed by atoms with Crippen LogP contribution in [0.1, 0.15) is 16.9 Å². The summed E-state index contributed by atoms with van der Waals surface area (Å²) in [4.78, 5) is 11.4. The smallest absolute Gasteiger partial charge is 0.336 e. The molecular weight excluding hydrogens is 230 g/mol. The first-order valence-electron chi connectivity index (χ1n) is 5.76. The fourth-order valence-electron chi connectivity index (χ4n) is 2.28. The molecule has 4 heteroatoms. The highest BCUT2D eigenvalue weighted by atomic mass is 16.4. The molecule has 1 aromatic carbocycles. The molecule has 0 atom stereocenters. The van der Waals surface area contributed by atoms with E-state index in [0.29, 0.717) is 17.7 Å². The van der Waals surface area contributed by atoms with Gasteiger partial charge in [-0.2, -0.15) is 0 Å². The standard InChI is InChI=1S/C14H13NO3/c1-7-3-14(16)18-11-5-12-10(4-9(7)11)8(2)13(6-15)17-12/h3-5H,6,15H2,1-2H3. The normalized spacial score (nSPS) is 11.5. The van der Waals surface area contributed by atoms with Gasteiger partial charge in [0.1, 0.15) is 16.9 Å². The first-order valence-corrected chi connectivity index (χ1v) is 5.76. The zero-order valence-electron chi connectivity index (χ0n) is 10.2. The van der Waals surface area contributed by atoms with E-state index in [-0.39, 0.29) is 5.63 Å². The van der Waals surface area contributed by atoms with Crippen LogP contribution in [0.25, 0.3) is 21.9 Å². The number of nitrogens with two attached hydrogens (primary N) is 1. The summed E-state index contributed by atoms with van der Waals surface area (Å²) in [7, 11) is 0. The van der Waals surface area contributed by atoms with Crippen LogP contribution < -0.4 is 11.4 Å². The van der Waals surface area contributed by atoms with Crippen molar-refractivity contribution in [3.8, 4) is 0 Å². The van der Waals surface area contributed by atoms with Gasteiger partial charge in [0.25, 0.3) is 0 Å². The van der Waals surface area contributed by atoms with Crippen LogP contribution in [0.2, 0.25) is 0 Å². The highest BCUT2D eigenvalue weighted by Gasteiger charge is 2.12. The molecule has 0 saturated carbocycles. The lowest BCUT2D eigenvalue weighted by molar-refractivity contribution is 0.543. The summed E-state index contributed by atoms with van der Waals surface area (Å²) in [6, 6.07) is 5.24. The zero-order chi connectivity index (χ0) is 12.9. The van der Waals surface area contributed by atoms with Gasteiger partial charge in [0, 0.05) is 22.9 Å². The van der Waals surface area contributed by atoms with Crippen LogP contribution in [-0.4, -0.2) is 0 Å². The third-order valence-electron chi connectivity index (χ3n) is 3.29. The summed E-state index contributed by atoms with van der Waals surface area (Å²) < 4.78 is 10.8. The van der Waals surface area contributed by atoms with E-state index in [2.05, 4.69) is 0 Å². The van der Waals surface area contributed by atoms with E-state index in [0.717, 1.165) is 27.7 Å². The van der Waals surface area contributed by atoms with Crippen molar-refractivity contribution in [2.24, 2.45) is 5.73 Å². The van der Waals surface area contributed by atoms with Crippen molar-refractivity contribution in [3.05, 3.63) is 45.5 Å². The first-order chi connectivity index (χ1) is 8.60. The summed E-state index contributed by atoms with van der Waals surface area (Å²) in [5, 5.41) is 1.94. The number of aryl methyl sites for hydroxylation is 2. The first kappa shape index (κ1) is 11.0. The summed E-state index contributed by atoms with van der Waals surface area (Å²) in [5.74, 6) is 0.764. The van der Waals surface area contributed by atoms with Crippen molar-refractivity contribution < 1.29 is 8.83 Å². The maximum absolute atomic E-state index is 11.4. The fraction of sp³-hybridized carbons (Fsp3) is 0.214. The summed E-state index contributed by atoms with van der Waals surface area (Å²) >= 11 is 0. The Balaban J connectivity index is 2.49. The van der Waals surface area contributed by atoms with Gasteiger partial charge in [-0.3, -0.25) is 0 Å². The molecule has 18 heavy (non-hydrogen) atoms. The van der Waals surface area contributed by atoms with Crippen LogP contribution in [0.3, 0.4) is 0 Å². The van der Waals surface area contributed by atoms with Gasteiger partial charge in [0.15, 0.2) is 0 Å². The zero-order valence-corrected chi connectivity index (χ0v) is 10.2. The van der Waals surface area contributed by atoms with E-state index in [1.807, 2.05) is 19.9 Å². The third-order valence-corrected chi connectivity index (χ3v) is 3.29. The van der Waals surface area contributed by atoms with E-state index in [1.165, 1.54) is 6.07 Å². The Morgan fingerprint density at radius 2 is 1.78 bits per heavy atom. The minimum absolute atomic E-state index is 0.346. The SMILES string of the molecule is Cc1cc(=O)oc2cc3oc(CN)c(C)c3cc12. The van der Waals surface area contributed by atoms with Crippen LogP contribution >= 0.6 is 0 Å². The van der Waals surface area contributed by atoms with E-state index >= 15 is 0 Å². The molecule has 3 rings (SSSR count). The van der Waals surface area contributed by atoms with Crippen LogP contribution in [0, 0.1) is 13.8 Å². The van der Waals surface area contributed by atoms with Crippen molar-refractivity contribution in [1.29, 1.82) is 0 Å². The Morgan fingerprint density at radius 1 is 1.06 bits per heavy atom. The van der Waals surface area contributed by atoms with Gasteiger partial charge in [-0.25, -0.2) is 4.79 Å². The average Bonchev–Trinajstić information content (AvgIpc) is 2.63. The molecule has 3 aromatic rings. The Kier molecular flexibility index (Phi) is 2.28. The van der Waals surface area contributed by atoms with E-state index in [1.54, 1.807) is 6.07 Å². The van der Waals surface area contributed by atoms with E-state index in [9.17, 15) is 4.79 Å². The lowest BCUT2D eigenvalue weighted by Gasteiger charge is -2.00. The summed E-state index contributed by atoms with van der Waals surface area (Å²) in [6.07, 6.45) is 0. The molecule has 0 unspecified atom stereocenters. The molecular formula is C14H13NO3. The Bertz CT molecular complexity index is 811. The van der Waals surface area contributed by atoms with Gasteiger partial charge < -0.3 is 14.6 Å². The molecule has 0 saturated heterocycles. The quantitative estimate of drug-likeness (QED) is 0.667. The maximum atomic E-state index is 11.4. The largest absolute Gasteiger partial charge is 0.459 e. The molecule has 4 nitrogen and oxygen atoms in total. The van der Waals surface area contributed by atoms with Crippen molar-refractivity contribution in [1.82, 2.24) is 0 Å². The molecule has 0 aliphatic heterocycles. The molecule has 0 aliphatic carbocycles. The van der Waals surface area contributed by atoms with Gasteiger partial charge in [0.2, 0.25) is 0 Å². The predicted octanol–water partition coefficient (Wildman–Crippen LogP) is 2.61. The molecule has 0 fully saturated rings. The van der Waals surface area contributed by atoms with Gasteiger partial charge in [-0.1, -0.05) is 0 Å². The number of hydrogen-bond donors (Lipinski definition) is 1. The van der Waals surface area contributed by atoms with Gasteiger partial charge in [-0.15, -0.1) is 0 Å². The third kappa shape index (κ3) is 1.46. The second-order valence-electron chi connectivity index (χ2n) is 4.45. The van der Waals surface area contributed by atoms with Crippen LogP contribution in [0.5, 0.6) is 0 Å². The number of fused-ring (bicyclic) bond motifs is 2. The van der Waals surface area contributed by atoms with Crippen LogP contribution in [0.15, 0.2) is 31.8 Å². The second-order valence-corrected chi connectivity index (χ2v) is 4.45. The molecule has 0 aliphatic rings. The maximum Gasteiger partial charge on any atom is 0.336 e. The summed E-state index contributed by atoms with van der Waals surface area (Å²) in [5.41, 5.74) is 8.47. The van der Waals surface area contributed by atoms with E-state index < -0.39 is 0 Å². The fourth-order valence-corrected chi connectivity index (χ4v) is 2.28. The number of hydrogen-bond acceptors (Lipinski definition) is 4. The topological polar surface area (TPSA) is 69.4 Å². The van der Waals surface area contributed by atoms with Crippen molar-refractivity contribution in [3.63, 3.8) is 0 Å².